The van der Waals surface area contributed by atoms with Crippen LogP contribution in [0.2, 0.25) is 0 Å². The summed E-state index contributed by atoms with van der Waals surface area (Å²) in [5.74, 6) is 0. The van der Waals surface area contributed by atoms with Crippen LogP contribution in [-0.2, 0) is 12.7 Å². The Labute approximate surface area is 159 Å². The highest BCUT2D eigenvalue weighted by molar-refractivity contribution is 7.07. The maximum Gasteiger partial charge on any atom is 0.416 e. The minimum atomic E-state index is -4.41. The lowest BCUT2D eigenvalue weighted by Crippen LogP contribution is -2.18. The van der Waals surface area contributed by atoms with Crippen LogP contribution in [0.5, 0.6) is 0 Å². The van der Waals surface area contributed by atoms with Gasteiger partial charge in [-0.05, 0) is 54.8 Å². The molecule has 2 aromatic carbocycles. The molecule has 0 radical (unpaired) electrons. The summed E-state index contributed by atoms with van der Waals surface area (Å²) >= 11 is 1.33. The first-order chi connectivity index (χ1) is 12.8. The predicted molar refractivity (Wildman–Crippen MR) is 101 cm³/mol. The summed E-state index contributed by atoms with van der Waals surface area (Å²) in [6.45, 7) is 4.27. The van der Waals surface area contributed by atoms with Gasteiger partial charge in [0.05, 0.1) is 23.6 Å². The second-order valence-corrected chi connectivity index (χ2v) is 7.07. The third-order valence-electron chi connectivity index (χ3n) is 4.32. The number of alkyl halides is 3. The van der Waals surface area contributed by atoms with Crippen molar-refractivity contribution < 1.29 is 18.3 Å². The molecule has 0 spiro atoms. The number of aromatic nitrogens is 1. The highest BCUT2D eigenvalue weighted by Crippen LogP contribution is 2.31. The first kappa shape index (κ1) is 19.4. The van der Waals surface area contributed by atoms with Crippen LogP contribution in [0.1, 0.15) is 16.7 Å². The van der Waals surface area contributed by atoms with E-state index >= 15 is 0 Å². The van der Waals surface area contributed by atoms with Crippen molar-refractivity contribution in [1.82, 2.24) is 4.57 Å². The van der Waals surface area contributed by atoms with Crippen molar-refractivity contribution >= 4 is 17.0 Å². The molecule has 0 atom stereocenters. The van der Waals surface area contributed by atoms with Crippen LogP contribution < -0.4 is 4.80 Å². The second-order valence-electron chi connectivity index (χ2n) is 6.24. The molecule has 0 unspecified atom stereocenters. The Bertz CT molecular complexity index is 1020. The SMILES string of the molecule is Cc1ccc(-c2csc(=Nc3cccc(C(F)(F)F)c3)n2CCO)cc1C. The van der Waals surface area contributed by atoms with Crippen molar-refractivity contribution in [3.05, 3.63) is 69.3 Å². The molecule has 0 bridgehead atoms. The van der Waals surface area contributed by atoms with Gasteiger partial charge in [-0.2, -0.15) is 13.2 Å². The average Bonchev–Trinajstić information content (AvgIpc) is 3.00. The molecule has 1 N–H and O–H groups in total. The number of hydrogen-bond donors (Lipinski definition) is 1. The summed E-state index contributed by atoms with van der Waals surface area (Å²) in [5.41, 5.74) is 3.67. The van der Waals surface area contributed by atoms with E-state index in [-0.39, 0.29) is 12.3 Å². The summed E-state index contributed by atoms with van der Waals surface area (Å²) in [6, 6.07) is 11.0. The fourth-order valence-corrected chi connectivity index (χ4v) is 3.68. The quantitative estimate of drug-likeness (QED) is 0.661. The van der Waals surface area contributed by atoms with Gasteiger partial charge in [-0.1, -0.05) is 18.2 Å². The Morgan fingerprint density at radius 3 is 2.52 bits per heavy atom. The molecule has 27 heavy (non-hydrogen) atoms. The zero-order chi connectivity index (χ0) is 19.6. The van der Waals surface area contributed by atoms with Gasteiger partial charge in [-0.25, -0.2) is 4.99 Å². The number of aliphatic hydroxyl groups excluding tert-OH is 1. The van der Waals surface area contributed by atoms with E-state index < -0.39 is 11.7 Å². The molecule has 1 aromatic heterocycles. The topological polar surface area (TPSA) is 37.5 Å². The fourth-order valence-electron chi connectivity index (χ4n) is 2.73. The molecule has 0 saturated carbocycles. The molecule has 0 aliphatic heterocycles. The van der Waals surface area contributed by atoms with Gasteiger partial charge in [0.15, 0.2) is 4.80 Å². The lowest BCUT2D eigenvalue weighted by Gasteiger charge is -2.10. The Kier molecular flexibility index (Phi) is 5.53. The molecule has 3 rings (SSSR count). The predicted octanol–water partition coefficient (Wildman–Crippen LogP) is 5.08. The maximum absolute atomic E-state index is 12.9. The van der Waals surface area contributed by atoms with Gasteiger partial charge in [0.1, 0.15) is 0 Å². The second kappa shape index (κ2) is 7.70. The van der Waals surface area contributed by atoms with E-state index in [4.69, 9.17) is 0 Å². The summed E-state index contributed by atoms with van der Waals surface area (Å²) in [7, 11) is 0. The van der Waals surface area contributed by atoms with Gasteiger partial charge >= 0.3 is 6.18 Å². The Balaban J connectivity index is 2.10. The minimum absolute atomic E-state index is 0.0929. The molecule has 1 heterocycles. The van der Waals surface area contributed by atoms with E-state index in [2.05, 4.69) is 11.1 Å². The maximum atomic E-state index is 12.9. The largest absolute Gasteiger partial charge is 0.416 e. The number of aliphatic hydroxyl groups is 1. The smallest absolute Gasteiger partial charge is 0.395 e. The van der Waals surface area contributed by atoms with Crippen molar-refractivity contribution in [2.75, 3.05) is 6.61 Å². The molecule has 3 nitrogen and oxygen atoms in total. The van der Waals surface area contributed by atoms with Crippen LogP contribution in [-0.4, -0.2) is 16.3 Å². The molecule has 0 fully saturated rings. The minimum Gasteiger partial charge on any atom is -0.395 e. The molecule has 3 aromatic rings. The normalized spacial score (nSPS) is 12.6. The molecule has 142 valence electrons. The average molecular weight is 392 g/mol. The number of halogens is 3. The zero-order valence-electron chi connectivity index (χ0n) is 14.9. The molecule has 0 amide bonds. The summed E-state index contributed by atoms with van der Waals surface area (Å²) in [4.78, 5) is 4.93. The Hall–Kier alpha value is -2.38. The Morgan fingerprint density at radius 2 is 1.85 bits per heavy atom. The van der Waals surface area contributed by atoms with Gasteiger partial charge in [-0.15, -0.1) is 11.3 Å². The molecule has 0 aliphatic rings. The summed E-state index contributed by atoms with van der Waals surface area (Å²) in [5, 5.41) is 11.4. The fraction of sp³-hybridized carbons (Fsp3) is 0.250. The molecular weight excluding hydrogens is 373 g/mol. The van der Waals surface area contributed by atoms with E-state index in [0.717, 1.165) is 29.0 Å². The van der Waals surface area contributed by atoms with Gasteiger partial charge in [-0.3, -0.25) is 0 Å². The third kappa shape index (κ3) is 4.31. The summed E-state index contributed by atoms with van der Waals surface area (Å²) < 4.78 is 40.6. The standard InChI is InChI=1S/C20H19F3N2OS/c1-13-6-7-15(10-14(13)2)18-12-27-19(25(18)8-9-26)24-17-5-3-4-16(11-17)20(21,22)23/h3-7,10-12,26H,8-9H2,1-2H3. The number of aryl methyl sites for hydroxylation is 2. The van der Waals surface area contributed by atoms with Gasteiger partial charge in [0.2, 0.25) is 0 Å². The number of thiazole rings is 1. The van der Waals surface area contributed by atoms with E-state index in [1.807, 2.05) is 35.9 Å². The lowest BCUT2D eigenvalue weighted by atomic mass is 10.0. The third-order valence-corrected chi connectivity index (χ3v) is 5.19. The van der Waals surface area contributed by atoms with E-state index in [9.17, 15) is 18.3 Å². The van der Waals surface area contributed by atoms with Gasteiger partial charge in [0.25, 0.3) is 0 Å². The number of nitrogens with zero attached hydrogens (tertiary/aromatic N) is 2. The monoisotopic (exact) mass is 392 g/mol. The number of rotatable bonds is 4. The van der Waals surface area contributed by atoms with Crippen molar-refractivity contribution in [3.63, 3.8) is 0 Å². The highest BCUT2D eigenvalue weighted by Gasteiger charge is 2.30. The van der Waals surface area contributed by atoms with Crippen molar-refractivity contribution in [3.8, 4) is 11.3 Å². The first-order valence-corrected chi connectivity index (χ1v) is 9.26. The van der Waals surface area contributed by atoms with E-state index in [1.165, 1.54) is 29.0 Å². The number of benzene rings is 2. The number of hydrogen-bond acceptors (Lipinski definition) is 3. The van der Waals surface area contributed by atoms with Crippen molar-refractivity contribution in [2.24, 2.45) is 4.99 Å². The van der Waals surface area contributed by atoms with E-state index in [0.29, 0.717) is 11.3 Å². The van der Waals surface area contributed by atoms with E-state index in [1.54, 1.807) is 0 Å². The summed E-state index contributed by atoms with van der Waals surface area (Å²) in [6.07, 6.45) is -4.41. The van der Waals surface area contributed by atoms with Crippen LogP contribution in [0.15, 0.2) is 52.8 Å². The molecular formula is C20H19F3N2OS. The molecule has 7 heteroatoms. The van der Waals surface area contributed by atoms with Gasteiger partial charge in [0, 0.05) is 11.9 Å². The van der Waals surface area contributed by atoms with Crippen LogP contribution in [0, 0.1) is 13.8 Å². The van der Waals surface area contributed by atoms with Gasteiger partial charge < -0.3 is 9.67 Å². The van der Waals surface area contributed by atoms with Crippen molar-refractivity contribution in [2.45, 2.75) is 26.6 Å². The first-order valence-electron chi connectivity index (χ1n) is 8.38. The van der Waals surface area contributed by atoms with Crippen LogP contribution in [0.25, 0.3) is 11.3 Å². The molecule has 0 aliphatic carbocycles. The Morgan fingerprint density at radius 1 is 1.07 bits per heavy atom. The van der Waals surface area contributed by atoms with Crippen LogP contribution in [0.4, 0.5) is 18.9 Å². The molecule has 0 saturated heterocycles. The van der Waals surface area contributed by atoms with Crippen LogP contribution >= 0.6 is 11.3 Å². The lowest BCUT2D eigenvalue weighted by molar-refractivity contribution is -0.137. The zero-order valence-corrected chi connectivity index (χ0v) is 15.7. The van der Waals surface area contributed by atoms with Crippen molar-refractivity contribution in [1.29, 1.82) is 0 Å². The van der Waals surface area contributed by atoms with Crippen LogP contribution in [0.3, 0.4) is 0 Å². The highest BCUT2D eigenvalue weighted by atomic mass is 32.1.